The van der Waals surface area contributed by atoms with Crippen LogP contribution in [0, 0.1) is 11.8 Å². The number of aromatic nitrogens is 2. The minimum absolute atomic E-state index is 0.235. The van der Waals surface area contributed by atoms with Gasteiger partial charge in [-0.2, -0.15) is 0 Å². The molecule has 4 heteroatoms. The van der Waals surface area contributed by atoms with E-state index < -0.39 is 5.97 Å². The Morgan fingerprint density at radius 2 is 2.35 bits per heavy atom. The Morgan fingerprint density at radius 1 is 1.59 bits per heavy atom. The number of hydrogen-bond donors (Lipinski definition) is 2. The van der Waals surface area contributed by atoms with Crippen LogP contribution in [0.25, 0.3) is 0 Å². The van der Waals surface area contributed by atoms with Crippen molar-refractivity contribution in [3.63, 3.8) is 0 Å². The van der Waals surface area contributed by atoms with Crippen LogP contribution in [-0.2, 0) is 24.1 Å². The maximum Gasteiger partial charge on any atom is 0.306 e. The van der Waals surface area contributed by atoms with E-state index in [-0.39, 0.29) is 5.92 Å². The summed E-state index contributed by atoms with van der Waals surface area (Å²) in [5, 5.41) is 9.01. The van der Waals surface area contributed by atoms with E-state index in [9.17, 15) is 4.79 Å². The van der Waals surface area contributed by atoms with Gasteiger partial charge in [0.15, 0.2) is 0 Å². The number of aromatic amines is 1. The van der Waals surface area contributed by atoms with Gasteiger partial charge in [0.05, 0.1) is 11.6 Å². The highest BCUT2D eigenvalue weighted by atomic mass is 16.4. The van der Waals surface area contributed by atoms with Crippen molar-refractivity contribution in [3.8, 4) is 0 Å². The van der Waals surface area contributed by atoms with Crippen LogP contribution in [0.15, 0.2) is 0 Å². The van der Waals surface area contributed by atoms with Crippen molar-refractivity contribution in [2.24, 2.45) is 11.8 Å². The first-order valence-electron chi connectivity index (χ1n) is 6.35. The van der Waals surface area contributed by atoms with Crippen molar-refractivity contribution >= 4 is 5.97 Å². The fourth-order valence-corrected chi connectivity index (χ4v) is 2.29. The van der Waals surface area contributed by atoms with Crippen molar-refractivity contribution in [1.29, 1.82) is 0 Å². The number of carboxylic acid groups (broad SMARTS) is 1. The van der Waals surface area contributed by atoms with Crippen LogP contribution in [0.3, 0.4) is 0 Å². The molecule has 1 heterocycles. The van der Waals surface area contributed by atoms with Gasteiger partial charge in [-0.3, -0.25) is 4.79 Å². The zero-order valence-corrected chi connectivity index (χ0v) is 10.5. The fourth-order valence-electron chi connectivity index (χ4n) is 2.29. The van der Waals surface area contributed by atoms with Gasteiger partial charge in [0.2, 0.25) is 0 Å². The number of H-pyrrole nitrogens is 1. The van der Waals surface area contributed by atoms with Crippen LogP contribution in [0.5, 0.6) is 0 Å². The summed E-state index contributed by atoms with van der Waals surface area (Å²) in [6, 6.07) is 0. The summed E-state index contributed by atoms with van der Waals surface area (Å²) in [7, 11) is 0. The van der Waals surface area contributed by atoms with Gasteiger partial charge in [-0.1, -0.05) is 13.8 Å². The van der Waals surface area contributed by atoms with E-state index in [1.807, 2.05) is 0 Å². The second-order valence-corrected chi connectivity index (χ2v) is 5.32. The van der Waals surface area contributed by atoms with Gasteiger partial charge in [0.25, 0.3) is 0 Å². The van der Waals surface area contributed by atoms with Gasteiger partial charge in [-0.25, -0.2) is 4.98 Å². The molecule has 2 N–H and O–H groups in total. The van der Waals surface area contributed by atoms with E-state index in [4.69, 9.17) is 5.11 Å². The van der Waals surface area contributed by atoms with Crippen LogP contribution in [-0.4, -0.2) is 21.0 Å². The molecule has 2 rings (SSSR count). The number of aryl methyl sites for hydroxylation is 2. The number of nitrogens with one attached hydrogen (secondary N) is 1. The van der Waals surface area contributed by atoms with Crippen molar-refractivity contribution in [2.45, 2.75) is 46.0 Å². The molecule has 0 bridgehead atoms. The average Bonchev–Trinajstić information content (AvgIpc) is 2.67. The molecule has 0 aliphatic heterocycles. The molecule has 0 fully saturated rings. The number of nitrogens with zero attached hydrogens (tertiary/aromatic N) is 1. The van der Waals surface area contributed by atoms with Crippen LogP contribution in [0.4, 0.5) is 0 Å². The third-order valence-electron chi connectivity index (χ3n) is 3.40. The Morgan fingerprint density at radius 3 is 3.00 bits per heavy atom. The second-order valence-electron chi connectivity index (χ2n) is 5.32. The first-order chi connectivity index (χ1) is 8.06. The zero-order chi connectivity index (χ0) is 12.4. The predicted octanol–water partition coefficient (Wildman–Crippen LogP) is 2.19. The van der Waals surface area contributed by atoms with Gasteiger partial charge in [0, 0.05) is 18.5 Å². The number of carbonyl (C=O) groups is 1. The van der Waals surface area contributed by atoms with Crippen molar-refractivity contribution in [1.82, 2.24) is 9.97 Å². The van der Waals surface area contributed by atoms with E-state index in [0.717, 1.165) is 42.9 Å². The van der Waals surface area contributed by atoms with E-state index >= 15 is 0 Å². The highest BCUT2D eigenvalue weighted by Crippen LogP contribution is 2.24. The molecule has 1 aliphatic rings. The molecule has 0 spiro atoms. The van der Waals surface area contributed by atoms with Crippen LogP contribution in [0.2, 0.25) is 0 Å². The van der Waals surface area contributed by atoms with Gasteiger partial charge in [-0.05, 0) is 25.2 Å². The molecule has 94 valence electrons. The maximum atomic E-state index is 11.0. The number of fused-ring (bicyclic) bond motifs is 1. The minimum Gasteiger partial charge on any atom is -0.481 e. The molecule has 4 nitrogen and oxygen atoms in total. The molecular formula is C13H20N2O2. The molecule has 0 aromatic carbocycles. The Kier molecular flexibility index (Phi) is 3.50. The van der Waals surface area contributed by atoms with E-state index in [2.05, 4.69) is 23.8 Å². The molecule has 1 aromatic rings. The minimum atomic E-state index is -0.686. The lowest BCUT2D eigenvalue weighted by atomic mass is 9.90. The van der Waals surface area contributed by atoms with E-state index in [1.165, 1.54) is 0 Å². The highest BCUT2D eigenvalue weighted by Gasteiger charge is 2.26. The number of imidazole rings is 1. The smallest absolute Gasteiger partial charge is 0.306 e. The maximum absolute atomic E-state index is 11.0. The Hall–Kier alpha value is -1.32. The summed E-state index contributed by atoms with van der Waals surface area (Å²) in [4.78, 5) is 18.8. The lowest BCUT2D eigenvalue weighted by molar-refractivity contribution is -0.142. The van der Waals surface area contributed by atoms with E-state index in [0.29, 0.717) is 12.3 Å². The molecule has 0 radical (unpaired) electrons. The highest BCUT2D eigenvalue weighted by molar-refractivity contribution is 5.70. The summed E-state index contributed by atoms with van der Waals surface area (Å²) in [6.07, 6.45) is 4.21. The molecule has 1 unspecified atom stereocenters. The molecular weight excluding hydrogens is 216 g/mol. The average molecular weight is 236 g/mol. The Bertz CT molecular complexity index is 410. The van der Waals surface area contributed by atoms with E-state index in [1.54, 1.807) is 0 Å². The largest absolute Gasteiger partial charge is 0.481 e. The lowest BCUT2D eigenvalue weighted by Gasteiger charge is -2.16. The van der Waals surface area contributed by atoms with Crippen LogP contribution >= 0.6 is 0 Å². The fraction of sp³-hybridized carbons (Fsp3) is 0.692. The molecule has 17 heavy (non-hydrogen) atoms. The number of carboxylic acids is 1. The summed E-state index contributed by atoms with van der Waals surface area (Å²) >= 11 is 0. The summed E-state index contributed by atoms with van der Waals surface area (Å²) < 4.78 is 0. The lowest BCUT2D eigenvalue weighted by Crippen LogP contribution is -2.22. The third-order valence-corrected chi connectivity index (χ3v) is 3.40. The number of aliphatic carboxylic acids is 1. The first kappa shape index (κ1) is 12.1. The monoisotopic (exact) mass is 236 g/mol. The normalized spacial score (nSPS) is 19.4. The second kappa shape index (κ2) is 4.90. The Balaban J connectivity index is 2.04. The van der Waals surface area contributed by atoms with Gasteiger partial charge >= 0.3 is 5.97 Å². The van der Waals surface area contributed by atoms with Crippen molar-refractivity contribution in [3.05, 3.63) is 17.2 Å². The number of hydrogen-bond acceptors (Lipinski definition) is 2. The SMILES string of the molecule is CC(C)CCc1nc2c([nH]1)CC(C(=O)O)CC2. The molecule has 0 amide bonds. The molecule has 0 saturated heterocycles. The summed E-state index contributed by atoms with van der Waals surface area (Å²) in [5.74, 6) is 0.772. The predicted molar refractivity (Wildman–Crippen MR) is 64.9 cm³/mol. The molecule has 1 aromatic heterocycles. The van der Waals surface area contributed by atoms with Gasteiger partial charge < -0.3 is 10.1 Å². The van der Waals surface area contributed by atoms with Crippen molar-refractivity contribution in [2.75, 3.05) is 0 Å². The van der Waals surface area contributed by atoms with Gasteiger partial charge in [-0.15, -0.1) is 0 Å². The van der Waals surface area contributed by atoms with Crippen LogP contribution < -0.4 is 0 Å². The molecule has 0 saturated carbocycles. The third kappa shape index (κ3) is 2.87. The zero-order valence-electron chi connectivity index (χ0n) is 10.5. The van der Waals surface area contributed by atoms with Crippen LogP contribution in [0.1, 0.15) is 43.9 Å². The van der Waals surface area contributed by atoms with Crippen molar-refractivity contribution < 1.29 is 9.90 Å². The number of rotatable bonds is 4. The topological polar surface area (TPSA) is 66.0 Å². The molecule has 1 atom stereocenters. The molecule has 1 aliphatic carbocycles. The quantitative estimate of drug-likeness (QED) is 0.842. The summed E-state index contributed by atoms with van der Waals surface area (Å²) in [6.45, 7) is 4.40. The van der Waals surface area contributed by atoms with Gasteiger partial charge in [0.1, 0.15) is 5.82 Å². The summed E-state index contributed by atoms with van der Waals surface area (Å²) in [5.41, 5.74) is 2.13. The Labute approximate surface area is 101 Å². The first-order valence-corrected chi connectivity index (χ1v) is 6.35. The standard InChI is InChI=1S/C13H20N2O2/c1-8(2)3-6-12-14-10-5-4-9(13(16)17)7-11(10)15-12/h8-9H,3-7H2,1-2H3,(H,14,15)(H,16,17).